The first-order valence-electron chi connectivity index (χ1n) is 9.24. The molecule has 0 aromatic heterocycles. The van der Waals surface area contributed by atoms with Gasteiger partial charge in [-0.1, -0.05) is 81.7 Å². The third-order valence-electron chi connectivity index (χ3n) is 5.20. The van der Waals surface area contributed by atoms with E-state index in [-0.39, 0.29) is 0 Å². The van der Waals surface area contributed by atoms with Crippen molar-refractivity contribution in [3.63, 3.8) is 0 Å². The van der Waals surface area contributed by atoms with Gasteiger partial charge in [0.2, 0.25) is 0 Å². The van der Waals surface area contributed by atoms with Crippen LogP contribution in [0.25, 0.3) is 10.8 Å². The molecule has 0 aliphatic carbocycles. The molecule has 2 aromatic carbocycles. The number of hydrogen-bond donors (Lipinski definition) is 0. The van der Waals surface area contributed by atoms with Crippen molar-refractivity contribution in [2.45, 2.75) is 58.2 Å². The van der Waals surface area contributed by atoms with Crippen LogP contribution in [-0.2, 0) is 4.43 Å². The number of hydrogen-bond acceptors (Lipinski definition) is 2. The minimum absolute atomic E-state index is 0.589. The van der Waals surface area contributed by atoms with Crippen molar-refractivity contribution in [1.29, 1.82) is 0 Å². The molecular weight excluding hydrogens is 392 g/mol. The minimum Gasteiger partial charge on any atom is -0.491 e. The van der Waals surface area contributed by atoms with Crippen LogP contribution in [0.4, 0.5) is 0 Å². The highest BCUT2D eigenvalue weighted by Gasteiger charge is 2.44. The predicted octanol–water partition coefficient (Wildman–Crippen LogP) is 7.17. The zero-order valence-corrected chi connectivity index (χ0v) is 18.9. The van der Waals surface area contributed by atoms with Crippen LogP contribution in [0.3, 0.4) is 0 Å². The fraction of sp³-hybridized carbons (Fsp3) is 0.524. The smallest absolute Gasteiger partial charge is 0.200 e. The first-order chi connectivity index (χ1) is 11.8. The van der Waals surface area contributed by atoms with E-state index in [1.807, 2.05) is 6.07 Å². The largest absolute Gasteiger partial charge is 0.491 e. The quantitative estimate of drug-likeness (QED) is 0.331. The lowest BCUT2D eigenvalue weighted by atomic mass is 10.1. The molecule has 0 radical (unpaired) electrons. The lowest BCUT2D eigenvalue weighted by Crippen LogP contribution is -2.48. The van der Waals surface area contributed by atoms with E-state index in [1.54, 1.807) is 0 Å². The molecule has 0 saturated carbocycles. The fourth-order valence-electron chi connectivity index (χ4n) is 4.20. The van der Waals surface area contributed by atoms with Gasteiger partial charge in [0, 0.05) is 4.47 Å². The molecule has 138 valence electrons. The maximum atomic E-state index is 6.56. The van der Waals surface area contributed by atoms with Gasteiger partial charge < -0.3 is 9.16 Å². The SMILES string of the molecule is CC(C)[Si](OCCOc1cc(Br)c2ccccc2c1)(C(C)C)C(C)C. The Morgan fingerprint density at radius 2 is 1.48 bits per heavy atom. The van der Waals surface area contributed by atoms with Crippen LogP contribution in [0.1, 0.15) is 41.5 Å². The number of benzene rings is 2. The van der Waals surface area contributed by atoms with Crippen molar-refractivity contribution in [2.24, 2.45) is 0 Å². The van der Waals surface area contributed by atoms with Gasteiger partial charge in [-0.2, -0.15) is 0 Å². The monoisotopic (exact) mass is 422 g/mol. The molecule has 0 aliphatic heterocycles. The Hall–Kier alpha value is -0.843. The first kappa shape index (κ1) is 20.5. The van der Waals surface area contributed by atoms with Gasteiger partial charge in [0.05, 0.1) is 6.61 Å². The molecule has 0 fully saturated rings. The van der Waals surface area contributed by atoms with E-state index in [2.05, 4.69) is 87.8 Å². The van der Waals surface area contributed by atoms with E-state index in [1.165, 1.54) is 10.8 Å². The van der Waals surface area contributed by atoms with Crippen LogP contribution in [0, 0.1) is 0 Å². The second kappa shape index (κ2) is 8.70. The Labute approximate surface area is 162 Å². The average molecular weight is 423 g/mol. The normalized spacial score (nSPS) is 12.6. The number of rotatable bonds is 8. The number of fused-ring (bicyclic) bond motifs is 1. The molecule has 0 unspecified atom stereocenters. The number of ether oxygens (including phenoxy) is 1. The Morgan fingerprint density at radius 1 is 0.880 bits per heavy atom. The summed E-state index contributed by atoms with van der Waals surface area (Å²) in [5.41, 5.74) is 1.80. The summed E-state index contributed by atoms with van der Waals surface area (Å²) < 4.78 is 13.6. The average Bonchev–Trinajstić information content (AvgIpc) is 2.54. The van der Waals surface area contributed by atoms with Crippen LogP contribution < -0.4 is 4.74 Å². The van der Waals surface area contributed by atoms with Gasteiger partial charge in [-0.3, -0.25) is 0 Å². The molecule has 0 amide bonds. The van der Waals surface area contributed by atoms with Gasteiger partial charge in [-0.05, 0) is 39.5 Å². The molecule has 2 aromatic rings. The summed E-state index contributed by atoms with van der Waals surface area (Å²) in [4.78, 5) is 0. The Kier molecular flexibility index (Phi) is 7.12. The maximum absolute atomic E-state index is 6.56. The zero-order valence-electron chi connectivity index (χ0n) is 16.3. The highest BCUT2D eigenvalue weighted by molar-refractivity contribution is 9.10. The highest BCUT2D eigenvalue weighted by atomic mass is 79.9. The zero-order chi connectivity index (χ0) is 18.6. The van der Waals surface area contributed by atoms with Crippen LogP contribution in [0.2, 0.25) is 16.6 Å². The third kappa shape index (κ3) is 4.47. The van der Waals surface area contributed by atoms with E-state index < -0.39 is 8.32 Å². The van der Waals surface area contributed by atoms with E-state index in [0.29, 0.717) is 29.8 Å². The Balaban J connectivity index is 2.03. The molecule has 2 nitrogen and oxygen atoms in total. The lowest BCUT2D eigenvalue weighted by Gasteiger charge is -2.42. The second-order valence-corrected chi connectivity index (χ2v) is 14.0. The van der Waals surface area contributed by atoms with Gasteiger partial charge >= 0.3 is 0 Å². The van der Waals surface area contributed by atoms with E-state index in [9.17, 15) is 0 Å². The molecular formula is C21H31BrO2Si. The maximum Gasteiger partial charge on any atom is 0.200 e. The van der Waals surface area contributed by atoms with Gasteiger partial charge in [-0.15, -0.1) is 0 Å². The molecule has 0 saturated heterocycles. The summed E-state index contributed by atoms with van der Waals surface area (Å²) in [5, 5.41) is 2.39. The van der Waals surface area contributed by atoms with Gasteiger partial charge in [0.15, 0.2) is 8.32 Å². The second-order valence-electron chi connectivity index (χ2n) is 7.64. The summed E-state index contributed by atoms with van der Waals surface area (Å²) in [6.07, 6.45) is 0. The standard InChI is InChI=1S/C21H31BrO2Si/c1-15(2)25(16(3)4,17(5)6)24-12-11-23-19-13-18-9-7-8-10-20(18)21(22)14-19/h7-10,13-17H,11-12H2,1-6H3. The van der Waals surface area contributed by atoms with Crippen molar-refractivity contribution in [2.75, 3.05) is 13.2 Å². The molecule has 0 heterocycles. The molecule has 0 bridgehead atoms. The van der Waals surface area contributed by atoms with Crippen molar-refractivity contribution in [1.82, 2.24) is 0 Å². The fourth-order valence-corrected chi connectivity index (χ4v) is 10.2. The molecule has 25 heavy (non-hydrogen) atoms. The van der Waals surface area contributed by atoms with Crippen LogP contribution >= 0.6 is 15.9 Å². The van der Waals surface area contributed by atoms with Crippen LogP contribution in [-0.4, -0.2) is 21.5 Å². The van der Waals surface area contributed by atoms with Crippen molar-refractivity contribution in [3.8, 4) is 5.75 Å². The molecule has 4 heteroatoms. The van der Waals surface area contributed by atoms with E-state index in [4.69, 9.17) is 9.16 Å². The summed E-state index contributed by atoms with van der Waals surface area (Å²) in [5.74, 6) is 0.889. The van der Waals surface area contributed by atoms with Crippen molar-refractivity contribution < 1.29 is 9.16 Å². The Bertz CT molecular complexity index is 676. The summed E-state index contributed by atoms with van der Waals surface area (Å²) in [6, 6.07) is 12.5. The predicted molar refractivity (Wildman–Crippen MR) is 114 cm³/mol. The summed E-state index contributed by atoms with van der Waals surface area (Å²) >= 11 is 3.64. The first-order valence-corrected chi connectivity index (χ1v) is 12.2. The number of halogens is 1. The molecule has 2 rings (SSSR count). The molecule has 0 N–H and O–H groups in total. The topological polar surface area (TPSA) is 18.5 Å². The van der Waals surface area contributed by atoms with Crippen LogP contribution in [0.15, 0.2) is 40.9 Å². The van der Waals surface area contributed by atoms with E-state index >= 15 is 0 Å². The summed E-state index contributed by atoms with van der Waals surface area (Å²) in [6.45, 7) is 15.1. The van der Waals surface area contributed by atoms with Gasteiger partial charge in [-0.25, -0.2) is 0 Å². The molecule has 0 aliphatic rings. The van der Waals surface area contributed by atoms with Crippen molar-refractivity contribution in [3.05, 3.63) is 40.9 Å². The Morgan fingerprint density at radius 3 is 2.08 bits per heavy atom. The van der Waals surface area contributed by atoms with Gasteiger partial charge in [0.1, 0.15) is 12.4 Å². The van der Waals surface area contributed by atoms with Crippen LogP contribution in [0.5, 0.6) is 5.75 Å². The third-order valence-corrected chi connectivity index (χ3v) is 12.0. The molecule has 0 atom stereocenters. The summed E-state index contributed by atoms with van der Waals surface area (Å²) in [7, 11) is -1.81. The van der Waals surface area contributed by atoms with E-state index in [0.717, 1.165) is 10.2 Å². The minimum atomic E-state index is -1.81. The van der Waals surface area contributed by atoms with Crippen molar-refractivity contribution >= 4 is 35.0 Å². The van der Waals surface area contributed by atoms with Gasteiger partial charge in [0.25, 0.3) is 0 Å². The highest BCUT2D eigenvalue weighted by Crippen LogP contribution is 2.42. The lowest BCUT2D eigenvalue weighted by molar-refractivity contribution is 0.198. The molecule has 0 spiro atoms.